The number of likely N-dealkylation sites (N-methyl/N-ethyl adjacent to an activating group) is 2. The maximum atomic E-state index is 12.5. The Bertz CT molecular complexity index is 585. The van der Waals surface area contributed by atoms with Crippen molar-refractivity contribution in [3.05, 3.63) is 23.9 Å². The number of amides is 1. The minimum atomic E-state index is 0.288. The highest BCUT2D eigenvalue weighted by Gasteiger charge is 2.25. The van der Waals surface area contributed by atoms with E-state index in [0.717, 1.165) is 51.6 Å². The Hall–Kier alpha value is -1.66. The molecule has 2 aliphatic rings. The zero-order chi connectivity index (χ0) is 17.8. The molecule has 2 saturated heterocycles. The van der Waals surface area contributed by atoms with E-state index >= 15 is 0 Å². The second-order valence-electron chi connectivity index (χ2n) is 7.45. The Morgan fingerprint density at radius 2 is 2.04 bits per heavy atom. The van der Waals surface area contributed by atoms with Gasteiger partial charge in [0.25, 0.3) is 0 Å². The summed E-state index contributed by atoms with van der Waals surface area (Å²) in [5, 5.41) is 0. The van der Waals surface area contributed by atoms with Gasteiger partial charge < -0.3 is 19.6 Å². The maximum Gasteiger partial charge on any atom is 0.223 e. The second kappa shape index (κ2) is 8.15. The van der Waals surface area contributed by atoms with E-state index in [0.29, 0.717) is 12.5 Å². The molecule has 25 heavy (non-hydrogen) atoms. The third-order valence-electron chi connectivity index (χ3n) is 5.58. The molecule has 1 amide bonds. The smallest absolute Gasteiger partial charge is 0.223 e. The van der Waals surface area contributed by atoms with E-state index in [-0.39, 0.29) is 5.91 Å². The van der Waals surface area contributed by atoms with Gasteiger partial charge in [-0.1, -0.05) is 6.07 Å². The molecule has 0 bridgehead atoms. The van der Waals surface area contributed by atoms with E-state index in [1.54, 1.807) is 0 Å². The minimum Gasteiger partial charge on any atom is -0.353 e. The summed E-state index contributed by atoms with van der Waals surface area (Å²) in [6.07, 6.45) is 3.68. The first kappa shape index (κ1) is 18.1. The lowest BCUT2D eigenvalue weighted by molar-refractivity contribution is -0.131. The van der Waals surface area contributed by atoms with Gasteiger partial charge in [0.2, 0.25) is 5.91 Å². The van der Waals surface area contributed by atoms with E-state index in [2.05, 4.69) is 46.8 Å². The largest absolute Gasteiger partial charge is 0.353 e. The lowest BCUT2D eigenvalue weighted by Gasteiger charge is -2.36. The van der Waals surface area contributed by atoms with Crippen LogP contribution in [0.4, 0.5) is 5.82 Å². The number of carbonyl (C=O) groups excluding carboxylic acids is 1. The van der Waals surface area contributed by atoms with Gasteiger partial charge in [-0.3, -0.25) is 4.79 Å². The second-order valence-corrected chi connectivity index (χ2v) is 7.45. The monoisotopic (exact) mass is 345 g/mol. The van der Waals surface area contributed by atoms with Crippen molar-refractivity contribution in [1.29, 1.82) is 0 Å². The molecular weight excluding hydrogens is 314 g/mol. The first-order valence-corrected chi connectivity index (χ1v) is 9.37. The maximum absolute atomic E-state index is 12.5. The van der Waals surface area contributed by atoms with Crippen LogP contribution in [-0.4, -0.2) is 91.5 Å². The van der Waals surface area contributed by atoms with Gasteiger partial charge in [0, 0.05) is 57.9 Å². The standard InChI is InChI=1S/C19H31N5O/c1-16-5-4-8-20-19(16)24-13-11-23(12-14-24)18(25)7-10-22(3)17-6-9-21(2)15-17/h4-5,8,17H,6-7,9-15H2,1-3H3/t17-/m1/s1. The van der Waals surface area contributed by atoms with Gasteiger partial charge in [-0.05, 0) is 45.6 Å². The molecule has 3 rings (SSSR count). The van der Waals surface area contributed by atoms with Crippen molar-refractivity contribution in [3.8, 4) is 0 Å². The Labute approximate surface area is 151 Å². The number of anilines is 1. The molecule has 0 spiro atoms. The van der Waals surface area contributed by atoms with Crippen LogP contribution in [0.15, 0.2) is 18.3 Å². The summed E-state index contributed by atoms with van der Waals surface area (Å²) >= 11 is 0. The summed E-state index contributed by atoms with van der Waals surface area (Å²) in [6, 6.07) is 4.66. The lowest BCUT2D eigenvalue weighted by atomic mass is 10.2. The predicted molar refractivity (Wildman–Crippen MR) is 101 cm³/mol. The van der Waals surface area contributed by atoms with Gasteiger partial charge >= 0.3 is 0 Å². The van der Waals surface area contributed by atoms with Crippen LogP contribution in [0, 0.1) is 6.92 Å². The molecule has 0 radical (unpaired) electrons. The number of piperazine rings is 1. The Kier molecular flexibility index (Phi) is 5.91. The number of nitrogens with zero attached hydrogens (tertiary/aromatic N) is 5. The molecule has 6 nitrogen and oxygen atoms in total. The molecule has 3 heterocycles. The van der Waals surface area contributed by atoms with Crippen LogP contribution in [0.25, 0.3) is 0 Å². The van der Waals surface area contributed by atoms with Gasteiger partial charge in [0.05, 0.1) is 0 Å². The molecule has 0 aromatic carbocycles. The highest BCUT2D eigenvalue weighted by atomic mass is 16.2. The lowest BCUT2D eigenvalue weighted by Crippen LogP contribution is -2.49. The summed E-state index contributed by atoms with van der Waals surface area (Å²) in [4.78, 5) is 26.1. The third-order valence-corrected chi connectivity index (χ3v) is 5.58. The normalized spacial score (nSPS) is 22.0. The molecule has 2 fully saturated rings. The Morgan fingerprint density at radius 1 is 1.28 bits per heavy atom. The number of carbonyl (C=O) groups is 1. The van der Waals surface area contributed by atoms with Gasteiger partial charge in [-0.15, -0.1) is 0 Å². The van der Waals surface area contributed by atoms with Crippen LogP contribution in [0.1, 0.15) is 18.4 Å². The molecule has 0 N–H and O–H groups in total. The first-order chi connectivity index (χ1) is 12.0. The highest BCUT2D eigenvalue weighted by molar-refractivity contribution is 5.76. The van der Waals surface area contributed by atoms with E-state index in [1.165, 1.54) is 12.0 Å². The number of rotatable bonds is 5. The van der Waals surface area contributed by atoms with E-state index in [1.807, 2.05) is 17.2 Å². The topological polar surface area (TPSA) is 42.9 Å². The third kappa shape index (κ3) is 4.50. The van der Waals surface area contributed by atoms with Gasteiger partial charge in [-0.25, -0.2) is 4.98 Å². The molecule has 0 unspecified atom stereocenters. The molecule has 1 atom stereocenters. The van der Waals surface area contributed by atoms with Crippen LogP contribution in [0.5, 0.6) is 0 Å². The number of aromatic nitrogens is 1. The molecule has 1 aromatic rings. The van der Waals surface area contributed by atoms with Crippen LogP contribution < -0.4 is 4.90 Å². The number of pyridine rings is 1. The molecular formula is C19H31N5O. The molecule has 0 aliphatic carbocycles. The molecule has 6 heteroatoms. The quantitative estimate of drug-likeness (QED) is 0.798. The van der Waals surface area contributed by atoms with Crippen LogP contribution in [-0.2, 0) is 4.79 Å². The molecule has 1 aromatic heterocycles. The number of hydrogen-bond donors (Lipinski definition) is 0. The fourth-order valence-electron chi connectivity index (χ4n) is 3.86. The van der Waals surface area contributed by atoms with E-state index < -0.39 is 0 Å². The SMILES string of the molecule is Cc1cccnc1N1CCN(C(=O)CCN(C)[C@@H]2CCN(C)C2)CC1. The van der Waals surface area contributed by atoms with Crippen LogP contribution in [0.2, 0.25) is 0 Å². The van der Waals surface area contributed by atoms with Crippen molar-refractivity contribution in [3.63, 3.8) is 0 Å². The number of aryl methyl sites for hydroxylation is 1. The van der Waals surface area contributed by atoms with Crippen LogP contribution >= 0.6 is 0 Å². The highest BCUT2D eigenvalue weighted by Crippen LogP contribution is 2.18. The van der Waals surface area contributed by atoms with Crippen molar-refractivity contribution >= 4 is 11.7 Å². The zero-order valence-corrected chi connectivity index (χ0v) is 15.8. The van der Waals surface area contributed by atoms with Crippen molar-refractivity contribution in [2.24, 2.45) is 0 Å². The average molecular weight is 345 g/mol. The van der Waals surface area contributed by atoms with Crippen molar-refractivity contribution in [2.75, 3.05) is 64.8 Å². The summed E-state index contributed by atoms with van der Waals surface area (Å²) in [7, 11) is 4.32. The summed E-state index contributed by atoms with van der Waals surface area (Å²) < 4.78 is 0. The van der Waals surface area contributed by atoms with Crippen LogP contribution in [0.3, 0.4) is 0 Å². The summed E-state index contributed by atoms with van der Waals surface area (Å²) in [6.45, 7) is 8.56. The van der Waals surface area contributed by atoms with Gasteiger partial charge in [0.15, 0.2) is 0 Å². The van der Waals surface area contributed by atoms with E-state index in [9.17, 15) is 4.79 Å². The number of hydrogen-bond acceptors (Lipinski definition) is 5. The van der Waals surface area contributed by atoms with E-state index in [4.69, 9.17) is 0 Å². The molecule has 0 saturated carbocycles. The first-order valence-electron chi connectivity index (χ1n) is 9.37. The fourth-order valence-corrected chi connectivity index (χ4v) is 3.86. The average Bonchev–Trinajstić information content (AvgIpc) is 3.06. The Morgan fingerprint density at radius 3 is 2.68 bits per heavy atom. The Balaban J connectivity index is 1.43. The number of likely N-dealkylation sites (tertiary alicyclic amines) is 1. The zero-order valence-electron chi connectivity index (χ0n) is 15.8. The summed E-state index contributed by atoms with van der Waals surface area (Å²) in [5.74, 6) is 1.34. The van der Waals surface area contributed by atoms with Gasteiger partial charge in [-0.2, -0.15) is 0 Å². The minimum absolute atomic E-state index is 0.288. The van der Waals surface area contributed by atoms with Gasteiger partial charge in [0.1, 0.15) is 5.82 Å². The van der Waals surface area contributed by atoms with Crippen molar-refractivity contribution < 1.29 is 4.79 Å². The molecule has 138 valence electrons. The summed E-state index contributed by atoms with van der Waals surface area (Å²) in [5.41, 5.74) is 1.20. The predicted octanol–water partition coefficient (Wildman–Crippen LogP) is 1.06. The fraction of sp³-hybridized carbons (Fsp3) is 0.684. The van der Waals surface area contributed by atoms with Crippen molar-refractivity contribution in [1.82, 2.24) is 19.7 Å². The molecule has 2 aliphatic heterocycles. The van der Waals surface area contributed by atoms with Crippen molar-refractivity contribution in [2.45, 2.75) is 25.8 Å².